The van der Waals surface area contributed by atoms with Crippen molar-refractivity contribution in [1.29, 1.82) is 0 Å². The SMILES string of the molecule is CCOc1ccc(/C=c2/sc3nc(=O)c(-c4ccccc4)nn3c2=O)cc1OC. The number of benzene rings is 2. The van der Waals surface area contributed by atoms with Gasteiger partial charge in [0.15, 0.2) is 17.2 Å². The third-order valence-electron chi connectivity index (χ3n) is 4.22. The number of thiazole rings is 1. The van der Waals surface area contributed by atoms with E-state index in [-0.39, 0.29) is 16.2 Å². The summed E-state index contributed by atoms with van der Waals surface area (Å²) in [6, 6.07) is 14.4. The van der Waals surface area contributed by atoms with Gasteiger partial charge >= 0.3 is 5.56 Å². The Morgan fingerprint density at radius 1 is 1.10 bits per heavy atom. The molecule has 2 aromatic heterocycles. The van der Waals surface area contributed by atoms with E-state index >= 15 is 0 Å². The monoisotopic (exact) mass is 407 g/mol. The number of nitrogens with zero attached hydrogens (tertiary/aromatic N) is 3. The highest BCUT2D eigenvalue weighted by atomic mass is 32.1. The Morgan fingerprint density at radius 2 is 1.90 bits per heavy atom. The Hall–Kier alpha value is -3.52. The summed E-state index contributed by atoms with van der Waals surface area (Å²) in [7, 11) is 1.56. The van der Waals surface area contributed by atoms with Crippen molar-refractivity contribution in [3.05, 3.63) is 79.3 Å². The van der Waals surface area contributed by atoms with Crippen molar-refractivity contribution < 1.29 is 9.47 Å². The number of fused-ring (bicyclic) bond motifs is 1. The van der Waals surface area contributed by atoms with Gasteiger partial charge in [0.2, 0.25) is 4.96 Å². The van der Waals surface area contributed by atoms with Crippen molar-refractivity contribution in [2.45, 2.75) is 6.92 Å². The van der Waals surface area contributed by atoms with E-state index in [2.05, 4.69) is 10.1 Å². The summed E-state index contributed by atoms with van der Waals surface area (Å²) in [6.07, 6.45) is 1.72. The third-order valence-corrected chi connectivity index (χ3v) is 5.18. The summed E-state index contributed by atoms with van der Waals surface area (Å²) in [5, 5.41) is 4.25. The molecular weight excluding hydrogens is 390 g/mol. The maximum atomic E-state index is 12.8. The van der Waals surface area contributed by atoms with Crippen LogP contribution in [0.2, 0.25) is 0 Å². The van der Waals surface area contributed by atoms with E-state index in [1.54, 1.807) is 49.6 Å². The fraction of sp³-hybridized carbons (Fsp3) is 0.143. The molecule has 2 heterocycles. The number of rotatable bonds is 5. The first-order valence-corrected chi connectivity index (χ1v) is 9.74. The normalized spacial score (nSPS) is 11.7. The predicted molar refractivity (Wildman–Crippen MR) is 112 cm³/mol. The molecule has 0 aliphatic rings. The molecule has 0 fully saturated rings. The number of hydrogen-bond donors (Lipinski definition) is 0. The molecule has 0 aliphatic carbocycles. The lowest BCUT2D eigenvalue weighted by Crippen LogP contribution is -2.26. The van der Waals surface area contributed by atoms with Crippen molar-refractivity contribution in [1.82, 2.24) is 14.6 Å². The lowest BCUT2D eigenvalue weighted by Gasteiger charge is -2.09. The van der Waals surface area contributed by atoms with Gasteiger partial charge in [0.05, 0.1) is 18.2 Å². The zero-order valence-corrected chi connectivity index (χ0v) is 16.6. The van der Waals surface area contributed by atoms with Gasteiger partial charge in [-0.15, -0.1) is 0 Å². The molecule has 4 rings (SSSR count). The largest absolute Gasteiger partial charge is 0.493 e. The van der Waals surface area contributed by atoms with E-state index in [9.17, 15) is 9.59 Å². The average Bonchev–Trinajstić information content (AvgIpc) is 3.03. The first-order chi connectivity index (χ1) is 14.1. The number of hydrogen-bond acceptors (Lipinski definition) is 7. The zero-order chi connectivity index (χ0) is 20.4. The summed E-state index contributed by atoms with van der Waals surface area (Å²) in [4.78, 5) is 29.5. The summed E-state index contributed by atoms with van der Waals surface area (Å²) in [5.41, 5.74) is 0.730. The third kappa shape index (κ3) is 3.62. The molecule has 0 bridgehead atoms. The van der Waals surface area contributed by atoms with Gasteiger partial charge in [0.25, 0.3) is 5.56 Å². The highest BCUT2D eigenvalue weighted by molar-refractivity contribution is 7.15. The molecule has 0 radical (unpaired) electrons. The Bertz CT molecular complexity index is 1350. The Morgan fingerprint density at radius 3 is 2.62 bits per heavy atom. The van der Waals surface area contributed by atoms with Gasteiger partial charge < -0.3 is 9.47 Å². The first-order valence-electron chi connectivity index (χ1n) is 8.92. The van der Waals surface area contributed by atoms with E-state index in [1.165, 1.54) is 4.52 Å². The minimum atomic E-state index is -0.466. The quantitative estimate of drug-likeness (QED) is 0.504. The second-order valence-corrected chi connectivity index (χ2v) is 7.09. The van der Waals surface area contributed by atoms with Crippen LogP contribution in [0.15, 0.2) is 58.1 Å². The molecule has 0 saturated heterocycles. The lowest BCUT2D eigenvalue weighted by atomic mass is 10.2. The summed E-state index contributed by atoms with van der Waals surface area (Å²) in [6.45, 7) is 2.42. The lowest BCUT2D eigenvalue weighted by molar-refractivity contribution is 0.311. The van der Waals surface area contributed by atoms with Gasteiger partial charge in [-0.25, -0.2) is 0 Å². The van der Waals surface area contributed by atoms with Crippen LogP contribution in [0.4, 0.5) is 0 Å². The number of aromatic nitrogens is 3. The van der Waals surface area contributed by atoms with Gasteiger partial charge in [-0.3, -0.25) is 9.59 Å². The van der Waals surface area contributed by atoms with Crippen molar-refractivity contribution in [2.24, 2.45) is 0 Å². The van der Waals surface area contributed by atoms with Crippen LogP contribution >= 0.6 is 11.3 Å². The van der Waals surface area contributed by atoms with Crippen LogP contribution in [0.5, 0.6) is 11.5 Å². The predicted octanol–water partition coefficient (Wildman–Crippen LogP) is 2.13. The zero-order valence-electron chi connectivity index (χ0n) is 15.8. The highest BCUT2D eigenvalue weighted by Crippen LogP contribution is 2.28. The number of methoxy groups -OCH3 is 1. The van der Waals surface area contributed by atoms with E-state index < -0.39 is 5.56 Å². The minimum Gasteiger partial charge on any atom is -0.493 e. The van der Waals surface area contributed by atoms with E-state index in [1.807, 2.05) is 19.1 Å². The Balaban J connectivity index is 1.84. The topological polar surface area (TPSA) is 82.8 Å². The molecule has 4 aromatic rings. The van der Waals surface area contributed by atoms with Gasteiger partial charge in [-0.1, -0.05) is 47.7 Å². The van der Waals surface area contributed by atoms with Crippen LogP contribution in [0.25, 0.3) is 22.3 Å². The van der Waals surface area contributed by atoms with Crippen LogP contribution in [-0.4, -0.2) is 28.3 Å². The second kappa shape index (κ2) is 7.84. The van der Waals surface area contributed by atoms with Gasteiger partial charge in [0, 0.05) is 5.56 Å². The molecule has 0 saturated carbocycles. The first kappa shape index (κ1) is 18.8. The van der Waals surface area contributed by atoms with Crippen LogP contribution < -0.4 is 25.1 Å². The molecule has 0 amide bonds. The average molecular weight is 407 g/mol. The second-order valence-electron chi connectivity index (χ2n) is 6.09. The van der Waals surface area contributed by atoms with Crippen molar-refractivity contribution >= 4 is 22.4 Å². The fourth-order valence-electron chi connectivity index (χ4n) is 2.89. The Labute approximate surface area is 169 Å². The standard InChI is InChI=1S/C21H17N3O4S/c1-3-28-15-10-9-13(11-16(15)27-2)12-17-20(26)24-21(29-17)22-19(25)18(23-24)14-7-5-4-6-8-14/h4-12H,3H2,1-2H3/b17-12+. The van der Waals surface area contributed by atoms with Crippen molar-refractivity contribution in [3.63, 3.8) is 0 Å². The molecule has 0 atom stereocenters. The maximum Gasteiger partial charge on any atom is 0.300 e. The summed E-state index contributed by atoms with van der Waals surface area (Å²) in [5.74, 6) is 1.21. The van der Waals surface area contributed by atoms with Crippen molar-refractivity contribution in [2.75, 3.05) is 13.7 Å². The molecule has 0 N–H and O–H groups in total. The Kier molecular flexibility index (Phi) is 5.09. The molecule has 29 heavy (non-hydrogen) atoms. The number of ether oxygens (including phenoxy) is 2. The molecular formula is C21H17N3O4S. The van der Waals surface area contributed by atoms with E-state index in [0.29, 0.717) is 28.2 Å². The van der Waals surface area contributed by atoms with Crippen molar-refractivity contribution in [3.8, 4) is 22.8 Å². The van der Waals surface area contributed by atoms with Crippen LogP contribution in [0, 0.1) is 0 Å². The molecule has 2 aromatic carbocycles. The molecule has 0 unspecified atom stereocenters. The van der Waals surface area contributed by atoms with Gasteiger partial charge in [-0.05, 0) is 30.7 Å². The summed E-state index contributed by atoms with van der Waals surface area (Å²) < 4.78 is 12.5. The fourth-order valence-corrected chi connectivity index (χ4v) is 3.79. The van der Waals surface area contributed by atoms with E-state index in [4.69, 9.17) is 9.47 Å². The van der Waals surface area contributed by atoms with Crippen LogP contribution in [0.1, 0.15) is 12.5 Å². The van der Waals surface area contributed by atoms with Gasteiger partial charge in [0.1, 0.15) is 0 Å². The summed E-state index contributed by atoms with van der Waals surface area (Å²) >= 11 is 1.11. The smallest absolute Gasteiger partial charge is 0.300 e. The molecule has 7 nitrogen and oxygen atoms in total. The molecule has 0 aliphatic heterocycles. The van der Waals surface area contributed by atoms with Crippen LogP contribution in [-0.2, 0) is 0 Å². The van der Waals surface area contributed by atoms with Gasteiger partial charge in [-0.2, -0.15) is 14.6 Å². The maximum absolute atomic E-state index is 12.8. The molecule has 146 valence electrons. The van der Waals surface area contributed by atoms with E-state index in [0.717, 1.165) is 16.9 Å². The highest BCUT2D eigenvalue weighted by Gasteiger charge is 2.13. The molecule has 8 heteroatoms. The minimum absolute atomic E-state index is 0.146. The molecule has 0 spiro atoms. The van der Waals surface area contributed by atoms with Crippen LogP contribution in [0.3, 0.4) is 0 Å².